The van der Waals surface area contributed by atoms with Crippen LogP contribution in [0.15, 0.2) is 97.2 Å². The zero-order valence-corrected chi connectivity index (χ0v) is 54.6. The molecule has 0 aromatic rings. The Bertz CT molecular complexity index is 1640. The molecule has 8 nitrogen and oxygen atoms in total. The number of allylic oxidation sites excluding steroid dienone is 15. The predicted molar refractivity (Wildman–Crippen MR) is 355 cm³/mol. The van der Waals surface area contributed by atoms with Gasteiger partial charge in [-0.05, 0) is 89.9 Å². The van der Waals surface area contributed by atoms with E-state index in [9.17, 15) is 19.4 Å². The Kier molecular flexibility index (Phi) is 60.0. The first-order valence-corrected chi connectivity index (χ1v) is 35.6. The Balaban J connectivity index is 4.17. The minimum Gasteiger partial charge on any atom is -0.387 e. The van der Waals surface area contributed by atoms with Crippen molar-refractivity contribution in [1.82, 2.24) is 5.32 Å². The summed E-state index contributed by atoms with van der Waals surface area (Å²) in [5, 5.41) is 14.0. The lowest BCUT2D eigenvalue weighted by atomic mass is 10.0. The van der Waals surface area contributed by atoms with Crippen molar-refractivity contribution >= 4 is 13.7 Å². The predicted octanol–water partition coefficient (Wildman–Crippen LogP) is 21.7. The SMILES string of the molecule is CC/C=C\C/C=C\C/C=C\C/C=C\C/C=C\CCCCCCCCCCCCCC(=O)NC(COP(=O)(O)OCC[N+](C)(C)C)C(O)/C=C/CC/C=C/CC/C=C/CCCCCCCCCCCCCCCCCCCCCCCC. The molecule has 0 saturated heterocycles. The maximum Gasteiger partial charge on any atom is 0.472 e. The normalized spacial score (nSPS) is 14.3. The fraction of sp³-hybridized carbons (Fsp3) is 0.764. The average Bonchev–Trinajstić information content (AvgIpc) is 3.43. The number of aliphatic hydroxyl groups excluding tert-OH is 1. The monoisotopic (exact) mass is 1150 g/mol. The highest BCUT2D eigenvalue weighted by Gasteiger charge is 2.28. The van der Waals surface area contributed by atoms with E-state index in [1.54, 1.807) is 6.08 Å². The van der Waals surface area contributed by atoms with Crippen LogP contribution in [0.4, 0.5) is 0 Å². The summed E-state index contributed by atoms with van der Waals surface area (Å²) in [4.78, 5) is 23.4. The summed E-state index contributed by atoms with van der Waals surface area (Å²) in [5.41, 5.74) is 0. The zero-order valence-electron chi connectivity index (χ0n) is 53.8. The molecule has 0 bridgehead atoms. The number of amides is 1. The number of likely N-dealkylation sites (N-methyl/N-ethyl adjacent to an activating group) is 1. The maximum absolute atomic E-state index is 13.0. The van der Waals surface area contributed by atoms with E-state index >= 15 is 0 Å². The fourth-order valence-electron chi connectivity index (χ4n) is 9.75. The highest BCUT2D eigenvalue weighted by molar-refractivity contribution is 7.47. The molecule has 81 heavy (non-hydrogen) atoms. The molecule has 470 valence electrons. The van der Waals surface area contributed by atoms with Crippen LogP contribution in [0.1, 0.15) is 303 Å². The van der Waals surface area contributed by atoms with Crippen LogP contribution in [0.5, 0.6) is 0 Å². The highest BCUT2D eigenvalue weighted by atomic mass is 31.2. The smallest absolute Gasteiger partial charge is 0.387 e. The summed E-state index contributed by atoms with van der Waals surface area (Å²) in [6.45, 7) is 4.69. The minimum absolute atomic E-state index is 0.0489. The van der Waals surface area contributed by atoms with Crippen LogP contribution in [-0.4, -0.2) is 73.4 Å². The van der Waals surface area contributed by atoms with Crippen molar-refractivity contribution in [2.45, 2.75) is 315 Å². The molecule has 3 atom stereocenters. The van der Waals surface area contributed by atoms with Gasteiger partial charge < -0.3 is 19.8 Å². The third-order valence-corrected chi connectivity index (χ3v) is 16.0. The molecule has 0 saturated carbocycles. The van der Waals surface area contributed by atoms with E-state index in [-0.39, 0.29) is 19.1 Å². The van der Waals surface area contributed by atoms with Crippen molar-refractivity contribution in [3.8, 4) is 0 Å². The first kappa shape index (κ1) is 78.4. The number of aliphatic hydroxyl groups is 1. The number of phosphoric ester groups is 1. The number of hydrogen-bond acceptors (Lipinski definition) is 5. The van der Waals surface area contributed by atoms with E-state index in [0.717, 1.165) is 77.0 Å². The van der Waals surface area contributed by atoms with Crippen LogP contribution in [0.25, 0.3) is 0 Å². The summed E-state index contributed by atoms with van der Waals surface area (Å²) in [6, 6.07) is -0.880. The summed E-state index contributed by atoms with van der Waals surface area (Å²) >= 11 is 0. The molecule has 0 aliphatic rings. The second-order valence-corrected chi connectivity index (χ2v) is 25.6. The number of hydrogen-bond donors (Lipinski definition) is 3. The Morgan fingerprint density at radius 2 is 0.753 bits per heavy atom. The molecule has 9 heteroatoms. The van der Waals surface area contributed by atoms with Crippen molar-refractivity contribution < 1.29 is 32.9 Å². The van der Waals surface area contributed by atoms with E-state index in [0.29, 0.717) is 17.4 Å². The molecule has 0 radical (unpaired) electrons. The molecular weight excluding hydrogens is 1020 g/mol. The van der Waals surface area contributed by atoms with Crippen molar-refractivity contribution in [1.29, 1.82) is 0 Å². The molecule has 0 aromatic heterocycles. The molecule has 0 rings (SSSR count). The summed E-state index contributed by atoms with van der Waals surface area (Å²) in [7, 11) is 1.54. The van der Waals surface area contributed by atoms with E-state index in [4.69, 9.17) is 9.05 Å². The lowest BCUT2D eigenvalue weighted by Gasteiger charge is -2.25. The van der Waals surface area contributed by atoms with Crippen LogP contribution in [-0.2, 0) is 18.4 Å². The van der Waals surface area contributed by atoms with Gasteiger partial charge in [0.05, 0.1) is 39.9 Å². The molecule has 0 spiro atoms. The average molecular weight is 1150 g/mol. The van der Waals surface area contributed by atoms with Gasteiger partial charge in [0.2, 0.25) is 5.91 Å². The second kappa shape index (κ2) is 62.0. The second-order valence-electron chi connectivity index (χ2n) is 24.2. The van der Waals surface area contributed by atoms with E-state index in [1.807, 2.05) is 27.2 Å². The van der Waals surface area contributed by atoms with Gasteiger partial charge in [-0.2, -0.15) is 0 Å². The van der Waals surface area contributed by atoms with E-state index < -0.39 is 20.0 Å². The van der Waals surface area contributed by atoms with Gasteiger partial charge in [-0.15, -0.1) is 0 Å². The highest BCUT2D eigenvalue weighted by Crippen LogP contribution is 2.43. The quantitative estimate of drug-likeness (QED) is 0.0243. The van der Waals surface area contributed by atoms with Gasteiger partial charge in [-0.1, -0.05) is 304 Å². The number of rotatable bonds is 62. The van der Waals surface area contributed by atoms with E-state index in [1.165, 1.54) is 205 Å². The fourth-order valence-corrected chi connectivity index (χ4v) is 10.5. The largest absolute Gasteiger partial charge is 0.472 e. The number of carbonyl (C=O) groups excluding carboxylic acids is 1. The lowest BCUT2D eigenvalue weighted by Crippen LogP contribution is -2.45. The van der Waals surface area contributed by atoms with Gasteiger partial charge in [0.1, 0.15) is 13.2 Å². The number of nitrogens with one attached hydrogen (secondary N) is 1. The molecule has 3 N–H and O–H groups in total. The van der Waals surface area contributed by atoms with Gasteiger partial charge in [0.25, 0.3) is 0 Å². The summed E-state index contributed by atoms with van der Waals surface area (Å²) in [5.74, 6) is -0.195. The van der Waals surface area contributed by atoms with Crippen LogP contribution in [0, 0.1) is 0 Å². The Morgan fingerprint density at radius 1 is 0.432 bits per heavy atom. The van der Waals surface area contributed by atoms with Gasteiger partial charge in [0.15, 0.2) is 0 Å². The van der Waals surface area contributed by atoms with Crippen LogP contribution < -0.4 is 5.32 Å². The van der Waals surface area contributed by atoms with Gasteiger partial charge in [-0.25, -0.2) is 4.57 Å². The van der Waals surface area contributed by atoms with Crippen molar-refractivity contribution in [3.63, 3.8) is 0 Å². The molecular formula is C72H132N2O6P+. The van der Waals surface area contributed by atoms with Crippen molar-refractivity contribution in [2.24, 2.45) is 0 Å². The standard InChI is InChI=1S/C72H131N2O6P/c1-6-8-10-12-14-16-18-20-22-24-26-28-30-32-34-35-36-37-38-40-41-43-45-47-49-51-53-55-57-59-61-63-65-71(75)70(69-80-81(77,78)79-68-67-74(3,4)5)73-72(76)66-64-62-60-58-56-54-52-50-48-46-44-42-39-33-31-29-27-25-23-21-19-17-15-13-11-9-7-2/h9,11,15,17,21,23,27,29,33,39,47,49,55,57,63,65,70-71,75H,6-8,10,12-14,16,18-20,22,24-26,28,30-32,34-38,40-46,48,50-54,56,58-62,64,66-69H2,1-5H3,(H-,73,76,77,78)/p+1/b11-9-,17-15-,23-21-,29-27-,39-33-,49-47+,57-55+,65-63+. The number of unbranched alkanes of at least 4 members (excludes halogenated alkanes) is 35. The van der Waals surface area contributed by atoms with Crippen LogP contribution in [0.3, 0.4) is 0 Å². The molecule has 0 aliphatic heterocycles. The lowest BCUT2D eigenvalue weighted by molar-refractivity contribution is -0.870. The van der Waals surface area contributed by atoms with Gasteiger partial charge in [0, 0.05) is 6.42 Å². The number of phosphoric acid groups is 1. The van der Waals surface area contributed by atoms with Crippen molar-refractivity contribution in [2.75, 3.05) is 40.9 Å². The minimum atomic E-state index is -4.37. The molecule has 3 unspecified atom stereocenters. The summed E-state index contributed by atoms with van der Waals surface area (Å²) in [6.07, 6.45) is 89.8. The molecule has 0 aliphatic carbocycles. The summed E-state index contributed by atoms with van der Waals surface area (Å²) < 4.78 is 23.8. The third kappa shape index (κ3) is 64.8. The first-order chi connectivity index (χ1) is 39.5. The topological polar surface area (TPSA) is 105 Å². The first-order valence-electron chi connectivity index (χ1n) is 34.1. The van der Waals surface area contributed by atoms with Gasteiger partial charge >= 0.3 is 7.82 Å². The molecule has 1 amide bonds. The maximum atomic E-state index is 13.0. The zero-order chi connectivity index (χ0) is 59.1. The Labute approximate surface area is 502 Å². The molecule has 0 fully saturated rings. The van der Waals surface area contributed by atoms with Gasteiger partial charge in [-0.3, -0.25) is 13.8 Å². The number of carbonyl (C=O) groups is 1. The molecule has 0 aromatic carbocycles. The number of nitrogens with zero attached hydrogens (tertiary/aromatic N) is 1. The van der Waals surface area contributed by atoms with Crippen LogP contribution in [0.2, 0.25) is 0 Å². The third-order valence-electron chi connectivity index (χ3n) is 15.0. The van der Waals surface area contributed by atoms with E-state index in [2.05, 4.69) is 104 Å². The van der Waals surface area contributed by atoms with Crippen LogP contribution >= 0.6 is 7.82 Å². The Morgan fingerprint density at radius 3 is 1.14 bits per heavy atom. The Hall–Kier alpha value is -2.58. The number of quaternary nitrogens is 1. The van der Waals surface area contributed by atoms with Crippen molar-refractivity contribution in [3.05, 3.63) is 97.2 Å². The molecule has 0 heterocycles.